The van der Waals surface area contributed by atoms with Gasteiger partial charge in [0.05, 0.1) is 34.4 Å². The fraction of sp³-hybridized carbons (Fsp3) is 0.417. The van der Waals surface area contributed by atoms with Crippen LogP contribution >= 0.6 is 0 Å². The third-order valence-electron chi connectivity index (χ3n) is 5.64. The first kappa shape index (κ1) is 26.4. The van der Waals surface area contributed by atoms with Crippen LogP contribution in [0.3, 0.4) is 0 Å². The molecule has 0 aliphatic heterocycles. The molecule has 10 nitrogen and oxygen atoms in total. The van der Waals surface area contributed by atoms with Gasteiger partial charge in [0, 0.05) is 6.42 Å². The molecule has 2 aromatic rings. The molecular weight excluding hydrogens is 448 g/mol. The smallest absolute Gasteiger partial charge is 0.309 e. The zero-order valence-electron chi connectivity index (χ0n) is 19.5. The number of methoxy groups -OCH3 is 4. The maximum atomic E-state index is 12.8. The second-order valence-corrected chi connectivity index (χ2v) is 7.74. The fourth-order valence-electron chi connectivity index (χ4n) is 3.85. The van der Waals surface area contributed by atoms with Crippen LogP contribution in [0.25, 0.3) is 0 Å². The van der Waals surface area contributed by atoms with Crippen molar-refractivity contribution in [3.05, 3.63) is 35.4 Å². The number of ether oxygens (including phenoxy) is 4. The number of hydrogen-bond acceptors (Lipinski definition) is 10. The molecule has 0 heterocycles. The van der Waals surface area contributed by atoms with Crippen molar-refractivity contribution in [2.24, 2.45) is 11.8 Å². The normalized spacial score (nSPS) is 12.5. The summed E-state index contributed by atoms with van der Waals surface area (Å²) in [6.45, 7) is 0. The van der Waals surface area contributed by atoms with Crippen LogP contribution < -0.4 is 9.47 Å². The number of hydrogen-bond donors (Lipinski definition) is 4. The summed E-state index contributed by atoms with van der Waals surface area (Å²) < 4.78 is 19.9. The Balaban J connectivity index is 2.46. The second-order valence-electron chi connectivity index (χ2n) is 7.74. The molecule has 186 valence electrons. The van der Waals surface area contributed by atoms with Crippen molar-refractivity contribution in [3.63, 3.8) is 0 Å². The number of esters is 2. The zero-order valence-corrected chi connectivity index (χ0v) is 19.5. The van der Waals surface area contributed by atoms with Gasteiger partial charge >= 0.3 is 11.9 Å². The Bertz CT molecular complexity index is 1020. The molecule has 0 amide bonds. The van der Waals surface area contributed by atoms with Gasteiger partial charge in [-0.2, -0.15) is 0 Å². The van der Waals surface area contributed by atoms with Gasteiger partial charge in [-0.15, -0.1) is 0 Å². The third-order valence-corrected chi connectivity index (χ3v) is 5.64. The van der Waals surface area contributed by atoms with Gasteiger partial charge in [0.15, 0.2) is 23.0 Å². The topological polar surface area (TPSA) is 152 Å². The largest absolute Gasteiger partial charge is 0.504 e. The fourth-order valence-corrected chi connectivity index (χ4v) is 3.85. The van der Waals surface area contributed by atoms with Crippen LogP contribution in [0.5, 0.6) is 34.5 Å². The molecule has 0 aliphatic rings. The van der Waals surface area contributed by atoms with Gasteiger partial charge in [-0.25, -0.2) is 0 Å². The molecule has 34 heavy (non-hydrogen) atoms. The molecule has 4 N–H and O–H groups in total. The van der Waals surface area contributed by atoms with Crippen LogP contribution in [0.15, 0.2) is 24.3 Å². The highest BCUT2D eigenvalue weighted by Crippen LogP contribution is 2.40. The SMILES string of the molecule is COC(=O)CC[C@@H](Cc1cc(O)c(O)c(OC)c1)[C@H](Cc1cc(O)c(O)c(OC)c1)C(=O)OC. The van der Waals surface area contributed by atoms with E-state index in [9.17, 15) is 30.0 Å². The Morgan fingerprint density at radius 2 is 1.26 bits per heavy atom. The van der Waals surface area contributed by atoms with Crippen molar-refractivity contribution in [3.8, 4) is 34.5 Å². The van der Waals surface area contributed by atoms with Gasteiger partial charge in [0.2, 0.25) is 11.5 Å². The molecule has 0 aliphatic carbocycles. The van der Waals surface area contributed by atoms with Crippen molar-refractivity contribution < 1.29 is 49.0 Å². The molecule has 0 fully saturated rings. The predicted octanol–water partition coefficient (Wildman–Crippen LogP) is 2.67. The van der Waals surface area contributed by atoms with Gasteiger partial charge in [0.25, 0.3) is 0 Å². The van der Waals surface area contributed by atoms with Gasteiger partial charge in [-0.3, -0.25) is 9.59 Å². The number of carbonyl (C=O) groups is 2. The standard InChI is InChI=1S/C24H30O10/c1-31-19-11-13(9-17(25)22(19)28)7-15(5-6-21(27)33-3)16(24(30)34-4)8-14-10-18(26)23(29)20(12-14)32-2/h9-12,15-16,25-26,28-29H,5-8H2,1-4H3/t15-,16-/m0/s1. The number of benzene rings is 2. The van der Waals surface area contributed by atoms with E-state index >= 15 is 0 Å². The van der Waals surface area contributed by atoms with Crippen molar-refractivity contribution in [1.29, 1.82) is 0 Å². The van der Waals surface area contributed by atoms with E-state index in [1.165, 1.54) is 52.7 Å². The van der Waals surface area contributed by atoms with E-state index in [2.05, 4.69) is 0 Å². The van der Waals surface area contributed by atoms with E-state index in [4.69, 9.17) is 18.9 Å². The van der Waals surface area contributed by atoms with Crippen LogP contribution in [0, 0.1) is 11.8 Å². The molecule has 0 saturated heterocycles. The number of phenols is 4. The molecule has 2 aromatic carbocycles. The minimum atomic E-state index is -0.773. The minimum absolute atomic E-state index is 0.0278. The Kier molecular flexibility index (Phi) is 9.23. The Labute approximate surface area is 197 Å². The summed E-state index contributed by atoms with van der Waals surface area (Å²) in [6, 6.07) is 5.70. The van der Waals surface area contributed by atoms with Crippen LogP contribution in [0.2, 0.25) is 0 Å². The predicted molar refractivity (Wildman–Crippen MR) is 120 cm³/mol. The molecule has 0 saturated carbocycles. The number of aromatic hydroxyl groups is 4. The molecule has 0 bridgehead atoms. The average molecular weight is 478 g/mol. The molecule has 0 radical (unpaired) electrons. The highest BCUT2D eigenvalue weighted by molar-refractivity contribution is 5.74. The van der Waals surface area contributed by atoms with E-state index in [0.29, 0.717) is 11.1 Å². The lowest BCUT2D eigenvalue weighted by atomic mass is 9.80. The monoisotopic (exact) mass is 478 g/mol. The van der Waals surface area contributed by atoms with E-state index in [0.717, 1.165) is 0 Å². The molecule has 2 rings (SSSR count). The summed E-state index contributed by atoms with van der Waals surface area (Å²) in [5, 5.41) is 39.9. The zero-order chi connectivity index (χ0) is 25.4. The van der Waals surface area contributed by atoms with Gasteiger partial charge in [0.1, 0.15) is 0 Å². The summed E-state index contributed by atoms with van der Waals surface area (Å²) in [7, 11) is 5.19. The highest BCUT2D eigenvalue weighted by Gasteiger charge is 2.31. The lowest BCUT2D eigenvalue weighted by molar-refractivity contribution is -0.148. The molecule has 0 unspecified atom stereocenters. The van der Waals surface area contributed by atoms with Crippen molar-refractivity contribution >= 4 is 11.9 Å². The first-order chi connectivity index (χ1) is 16.1. The first-order valence-corrected chi connectivity index (χ1v) is 10.5. The average Bonchev–Trinajstić information content (AvgIpc) is 2.83. The Morgan fingerprint density at radius 3 is 1.71 bits per heavy atom. The number of carbonyl (C=O) groups excluding carboxylic acids is 2. The van der Waals surface area contributed by atoms with Gasteiger partial charge in [-0.1, -0.05) is 0 Å². The van der Waals surface area contributed by atoms with Crippen molar-refractivity contribution in [2.45, 2.75) is 25.7 Å². The Morgan fingerprint density at radius 1 is 0.765 bits per heavy atom. The molecule has 0 aromatic heterocycles. The van der Waals surface area contributed by atoms with Crippen LogP contribution in [-0.4, -0.2) is 60.8 Å². The summed E-state index contributed by atoms with van der Waals surface area (Å²) in [6.07, 6.45) is 0.601. The van der Waals surface area contributed by atoms with Crippen LogP contribution in [-0.2, 0) is 31.9 Å². The first-order valence-electron chi connectivity index (χ1n) is 10.5. The summed E-state index contributed by atoms with van der Waals surface area (Å²) >= 11 is 0. The number of phenolic OH excluding ortho intramolecular Hbond substituents is 4. The number of rotatable bonds is 11. The molecule has 2 atom stereocenters. The molecule has 0 spiro atoms. The van der Waals surface area contributed by atoms with Gasteiger partial charge < -0.3 is 39.4 Å². The van der Waals surface area contributed by atoms with Crippen molar-refractivity contribution in [2.75, 3.05) is 28.4 Å². The van der Waals surface area contributed by atoms with Crippen LogP contribution in [0.1, 0.15) is 24.0 Å². The highest BCUT2D eigenvalue weighted by atomic mass is 16.5. The van der Waals surface area contributed by atoms with Crippen molar-refractivity contribution in [1.82, 2.24) is 0 Å². The van der Waals surface area contributed by atoms with Gasteiger partial charge in [-0.05, 0) is 60.6 Å². The lowest BCUT2D eigenvalue weighted by Gasteiger charge is -2.26. The van der Waals surface area contributed by atoms with E-state index in [-0.39, 0.29) is 42.9 Å². The third kappa shape index (κ3) is 6.37. The Hall–Kier alpha value is -3.82. The molecular formula is C24H30O10. The van der Waals surface area contributed by atoms with Crippen LogP contribution in [0.4, 0.5) is 0 Å². The quantitative estimate of drug-likeness (QED) is 0.280. The summed E-state index contributed by atoms with van der Waals surface area (Å²) in [4.78, 5) is 24.7. The summed E-state index contributed by atoms with van der Waals surface area (Å²) in [5.41, 5.74) is 1.05. The maximum absolute atomic E-state index is 12.8. The minimum Gasteiger partial charge on any atom is -0.504 e. The van der Waals surface area contributed by atoms with E-state index in [1.807, 2.05) is 0 Å². The summed E-state index contributed by atoms with van der Waals surface area (Å²) in [5.74, 6) is -3.76. The maximum Gasteiger partial charge on any atom is 0.309 e. The molecule has 10 heteroatoms. The van der Waals surface area contributed by atoms with E-state index < -0.39 is 41.0 Å². The lowest BCUT2D eigenvalue weighted by Crippen LogP contribution is -2.29. The second kappa shape index (κ2) is 11.9. The van der Waals surface area contributed by atoms with E-state index in [1.54, 1.807) is 0 Å².